The van der Waals surface area contributed by atoms with E-state index in [4.69, 9.17) is 11.6 Å². The van der Waals surface area contributed by atoms with Gasteiger partial charge in [-0.25, -0.2) is 4.99 Å². The summed E-state index contributed by atoms with van der Waals surface area (Å²) in [5.41, 5.74) is 2.44. The number of nitrogens with one attached hydrogen (secondary N) is 1. The third-order valence-electron chi connectivity index (χ3n) is 4.52. The average molecular weight is 413 g/mol. The predicted octanol–water partition coefficient (Wildman–Crippen LogP) is 3.37. The SMILES string of the molecule is CC1C(=O)N=C2c3ccccc3N=C(SCC(=O)NCc3ccccc3Cl)N21. The maximum absolute atomic E-state index is 12.3. The normalized spacial score (nSPS) is 17.6. The number of hydrogen-bond acceptors (Lipinski definition) is 5. The fourth-order valence-electron chi connectivity index (χ4n) is 3.03. The van der Waals surface area contributed by atoms with Crippen LogP contribution in [0.2, 0.25) is 5.02 Å². The van der Waals surface area contributed by atoms with Crippen molar-refractivity contribution in [3.8, 4) is 0 Å². The minimum absolute atomic E-state index is 0.136. The Kier molecular flexibility index (Phi) is 5.19. The van der Waals surface area contributed by atoms with Crippen LogP contribution in [0.25, 0.3) is 0 Å². The topological polar surface area (TPSA) is 74.1 Å². The first kappa shape index (κ1) is 18.7. The summed E-state index contributed by atoms with van der Waals surface area (Å²) in [7, 11) is 0. The number of carbonyl (C=O) groups is 2. The van der Waals surface area contributed by atoms with E-state index in [-0.39, 0.29) is 17.6 Å². The third kappa shape index (κ3) is 3.55. The van der Waals surface area contributed by atoms with Crippen molar-refractivity contribution in [3.05, 3.63) is 64.7 Å². The zero-order valence-corrected chi connectivity index (χ0v) is 16.6. The van der Waals surface area contributed by atoms with E-state index < -0.39 is 6.04 Å². The number of fused-ring (bicyclic) bond motifs is 3. The molecule has 2 aliphatic heterocycles. The molecule has 2 heterocycles. The Morgan fingerprint density at radius 2 is 1.93 bits per heavy atom. The summed E-state index contributed by atoms with van der Waals surface area (Å²) in [5, 5.41) is 4.08. The Balaban J connectivity index is 1.46. The standard InChI is InChI=1S/C20H17ClN4O2S/c1-12-19(27)24-18-14-7-3-5-9-16(14)23-20(25(12)18)28-11-17(26)22-10-13-6-2-4-8-15(13)21/h2-9,12H,10-11H2,1H3,(H,22,26). The van der Waals surface area contributed by atoms with Crippen LogP contribution in [0.5, 0.6) is 0 Å². The fourth-order valence-corrected chi connectivity index (χ4v) is 4.14. The van der Waals surface area contributed by atoms with E-state index in [2.05, 4.69) is 15.3 Å². The summed E-state index contributed by atoms with van der Waals surface area (Å²) >= 11 is 7.41. The summed E-state index contributed by atoms with van der Waals surface area (Å²) in [5.74, 6) is 0.435. The van der Waals surface area contributed by atoms with E-state index in [1.54, 1.807) is 17.9 Å². The van der Waals surface area contributed by atoms with E-state index >= 15 is 0 Å². The Labute approximate surface area is 171 Å². The van der Waals surface area contributed by atoms with Crippen molar-refractivity contribution in [2.45, 2.75) is 19.5 Å². The number of amidine groups is 2. The number of aliphatic imine (C=N–C) groups is 2. The largest absolute Gasteiger partial charge is 0.351 e. The maximum Gasteiger partial charge on any atom is 0.270 e. The van der Waals surface area contributed by atoms with Gasteiger partial charge >= 0.3 is 0 Å². The second kappa shape index (κ2) is 7.77. The van der Waals surface area contributed by atoms with Crippen molar-refractivity contribution in [2.75, 3.05) is 5.75 Å². The summed E-state index contributed by atoms with van der Waals surface area (Å²) < 4.78 is 0. The molecule has 0 bridgehead atoms. The van der Waals surface area contributed by atoms with Gasteiger partial charge in [0.2, 0.25) is 5.91 Å². The van der Waals surface area contributed by atoms with Crippen molar-refractivity contribution < 1.29 is 9.59 Å². The number of benzene rings is 2. The van der Waals surface area contributed by atoms with Crippen LogP contribution in [0.1, 0.15) is 18.1 Å². The lowest BCUT2D eigenvalue weighted by molar-refractivity contribution is -0.119. The lowest BCUT2D eigenvalue weighted by atomic mass is 10.1. The number of nitrogens with zero attached hydrogens (tertiary/aromatic N) is 3. The Hall–Kier alpha value is -2.64. The van der Waals surface area contributed by atoms with Gasteiger partial charge in [0, 0.05) is 17.1 Å². The molecule has 28 heavy (non-hydrogen) atoms. The van der Waals surface area contributed by atoms with Gasteiger partial charge in [-0.2, -0.15) is 4.99 Å². The number of carbonyl (C=O) groups excluding carboxylic acids is 2. The van der Waals surface area contributed by atoms with Crippen LogP contribution >= 0.6 is 23.4 Å². The van der Waals surface area contributed by atoms with E-state index in [0.29, 0.717) is 22.6 Å². The van der Waals surface area contributed by atoms with Crippen LogP contribution in [0.15, 0.2) is 58.5 Å². The minimum atomic E-state index is -0.430. The van der Waals surface area contributed by atoms with Crippen molar-refractivity contribution in [2.24, 2.45) is 9.98 Å². The fraction of sp³-hybridized carbons (Fsp3) is 0.200. The Morgan fingerprint density at radius 1 is 1.18 bits per heavy atom. The van der Waals surface area contributed by atoms with Gasteiger partial charge in [0.25, 0.3) is 5.91 Å². The molecule has 0 fully saturated rings. The highest BCUT2D eigenvalue weighted by atomic mass is 35.5. The molecule has 0 aromatic heterocycles. The second-order valence-corrected chi connectivity index (χ2v) is 7.74. The zero-order valence-electron chi connectivity index (χ0n) is 15.1. The zero-order chi connectivity index (χ0) is 19.7. The Bertz CT molecular complexity index is 1020. The monoisotopic (exact) mass is 412 g/mol. The van der Waals surface area contributed by atoms with Gasteiger partial charge in [-0.05, 0) is 30.7 Å². The molecule has 1 unspecified atom stereocenters. The first-order chi connectivity index (χ1) is 13.5. The molecule has 0 saturated heterocycles. The molecule has 2 aromatic rings. The highest BCUT2D eigenvalue weighted by Crippen LogP contribution is 2.33. The van der Waals surface area contributed by atoms with Gasteiger partial charge < -0.3 is 5.32 Å². The smallest absolute Gasteiger partial charge is 0.270 e. The van der Waals surface area contributed by atoms with Crippen LogP contribution in [0.3, 0.4) is 0 Å². The number of para-hydroxylation sites is 1. The molecule has 2 aliphatic rings. The van der Waals surface area contributed by atoms with E-state index in [1.807, 2.05) is 42.5 Å². The van der Waals surface area contributed by atoms with Crippen LogP contribution in [0, 0.1) is 0 Å². The number of thioether (sulfide) groups is 1. The van der Waals surface area contributed by atoms with Crippen LogP contribution in [-0.2, 0) is 16.1 Å². The van der Waals surface area contributed by atoms with Gasteiger partial charge in [0.15, 0.2) is 5.17 Å². The number of amides is 2. The molecule has 0 aliphatic carbocycles. The summed E-state index contributed by atoms with van der Waals surface area (Å²) in [6.07, 6.45) is 0. The van der Waals surface area contributed by atoms with Gasteiger partial charge in [-0.15, -0.1) is 0 Å². The molecule has 1 atom stereocenters. The number of hydrogen-bond donors (Lipinski definition) is 1. The van der Waals surface area contributed by atoms with E-state index in [9.17, 15) is 9.59 Å². The van der Waals surface area contributed by atoms with Crippen molar-refractivity contribution in [1.29, 1.82) is 0 Å². The number of halogens is 1. The van der Waals surface area contributed by atoms with Gasteiger partial charge in [-0.1, -0.05) is 53.7 Å². The van der Waals surface area contributed by atoms with Gasteiger partial charge in [0.05, 0.1) is 11.4 Å². The molecule has 4 rings (SSSR count). The van der Waals surface area contributed by atoms with Crippen LogP contribution in [-0.4, -0.2) is 39.5 Å². The Morgan fingerprint density at radius 3 is 2.75 bits per heavy atom. The highest BCUT2D eigenvalue weighted by Gasteiger charge is 2.39. The van der Waals surface area contributed by atoms with E-state index in [1.165, 1.54) is 11.8 Å². The molecular formula is C20H17ClN4O2S. The lowest BCUT2D eigenvalue weighted by Crippen LogP contribution is -2.42. The molecule has 2 aromatic carbocycles. The predicted molar refractivity (Wildman–Crippen MR) is 112 cm³/mol. The third-order valence-corrected chi connectivity index (χ3v) is 5.84. The second-order valence-electron chi connectivity index (χ2n) is 6.39. The summed E-state index contributed by atoms with van der Waals surface area (Å²) in [4.78, 5) is 35.1. The van der Waals surface area contributed by atoms with E-state index in [0.717, 1.165) is 16.8 Å². The van der Waals surface area contributed by atoms with Crippen molar-refractivity contribution in [1.82, 2.24) is 10.2 Å². The molecule has 0 radical (unpaired) electrons. The number of rotatable bonds is 4. The molecule has 1 N–H and O–H groups in total. The molecular weight excluding hydrogens is 396 g/mol. The van der Waals surface area contributed by atoms with Crippen LogP contribution < -0.4 is 5.32 Å². The molecule has 6 nitrogen and oxygen atoms in total. The summed E-state index contributed by atoms with van der Waals surface area (Å²) in [6, 6.07) is 14.5. The van der Waals surface area contributed by atoms with Gasteiger partial charge in [0.1, 0.15) is 11.9 Å². The molecule has 142 valence electrons. The highest BCUT2D eigenvalue weighted by molar-refractivity contribution is 8.14. The maximum atomic E-state index is 12.3. The molecule has 0 spiro atoms. The molecule has 2 amide bonds. The molecule has 8 heteroatoms. The minimum Gasteiger partial charge on any atom is -0.351 e. The van der Waals surface area contributed by atoms with Crippen molar-refractivity contribution >= 4 is 51.9 Å². The average Bonchev–Trinajstić information content (AvgIpc) is 3.00. The summed E-state index contributed by atoms with van der Waals surface area (Å²) in [6.45, 7) is 2.15. The molecule has 0 saturated carbocycles. The quantitative estimate of drug-likeness (QED) is 0.835. The first-order valence-corrected chi connectivity index (χ1v) is 10.1. The lowest BCUT2D eigenvalue weighted by Gasteiger charge is -2.29. The van der Waals surface area contributed by atoms with Crippen LogP contribution in [0.4, 0.5) is 5.69 Å². The van der Waals surface area contributed by atoms with Gasteiger partial charge in [-0.3, -0.25) is 14.5 Å². The first-order valence-electron chi connectivity index (χ1n) is 8.77. The van der Waals surface area contributed by atoms with Crippen molar-refractivity contribution in [3.63, 3.8) is 0 Å².